The molecule has 2 amide bonds. The lowest BCUT2D eigenvalue weighted by molar-refractivity contribution is -0.131. The van der Waals surface area contributed by atoms with Gasteiger partial charge in [-0.15, -0.1) is 0 Å². The van der Waals surface area contributed by atoms with Crippen molar-refractivity contribution < 1.29 is 14.3 Å². The molecule has 1 saturated heterocycles. The Morgan fingerprint density at radius 1 is 1.09 bits per heavy atom. The number of benzene rings is 2. The Morgan fingerprint density at radius 2 is 1.76 bits per heavy atom. The number of hydrogen-bond acceptors (Lipinski definition) is 5. The van der Waals surface area contributed by atoms with Crippen molar-refractivity contribution in [3.05, 3.63) is 52.0 Å². The minimum absolute atomic E-state index is 0.133. The summed E-state index contributed by atoms with van der Waals surface area (Å²) >= 11 is 17.4. The van der Waals surface area contributed by atoms with E-state index in [1.54, 1.807) is 0 Å². The molecule has 0 atom stereocenters. The van der Waals surface area contributed by atoms with E-state index in [1.807, 2.05) is 36.1 Å². The Kier molecular flexibility index (Phi) is 8.77. The van der Waals surface area contributed by atoms with Gasteiger partial charge in [-0.3, -0.25) is 14.9 Å². The molecule has 0 radical (unpaired) electrons. The molecule has 0 bridgehead atoms. The molecule has 1 fully saturated rings. The van der Waals surface area contributed by atoms with Gasteiger partial charge in [0.25, 0.3) is 5.91 Å². The summed E-state index contributed by atoms with van der Waals surface area (Å²) in [4.78, 5) is 28.9. The summed E-state index contributed by atoms with van der Waals surface area (Å²) in [5.74, 6) is -0.0343. The number of rotatable bonds is 6. The molecule has 1 aliphatic rings. The van der Waals surface area contributed by atoms with E-state index in [-0.39, 0.29) is 27.4 Å². The SMILES string of the molecule is CCCC(=O)N1CCN(c2ccc(NC(=S)NC(=O)c3cc(Cl)cc(Cl)c3OC)cc2)CC1. The number of carbonyl (C=O) groups excluding carboxylic acids is 2. The van der Waals surface area contributed by atoms with Crippen molar-refractivity contribution in [3.63, 3.8) is 0 Å². The Balaban J connectivity index is 1.56. The van der Waals surface area contributed by atoms with E-state index >= 15 is 0 Å². The molecule has 1 aliphatic heterocycles. The Morgan fingerprint density at radius 3 is 2.36 bits per heavy atom. The van der Waals surface area contributed by atoms with Gasteiger partial charge in [0.15, 0.2) is 5.11 Å². The van der Waals surface area contributed by atoms with Crippen LogP contribution in [0.4, 0.5) is 11.4 Å². The lowest BCUT2D eigenvalue weighted by atomic mass is 10.2. The number of hydrogen-bond donors (Lipinski definition) is 2. The van der Waals surface area contributed by atoms with Crippen molar-refractivity contribution in [3.8, 4) is 5.75 Å². The first-order valence-electron chi connectivity index (χ1n) is 10.6. The zero-order chi connectivity index (χ0) is 24.0. The van der Waals surface area contributed by atoms with Crippen LogP contribution >= 0.6 is 35.4 Å². The molecule has 2 N–H and O–H groups in total. The number of anilines is 2. The fourth-order valence-corrected chi connectivity index (χ4v) is 4.39. The van der Waals surface area contributed by atoms with Crippen molar-refractivity contribution in [2.45, 2.75) is 19.8 Å². The van der Waals surface area contributed by atoms with Gasteiger partial charge in [-0.1, -0.05) is 30.1 Å². The van der Waals surface area contributed by atoms with Crippen LogP contribution in [0, 0.1) is 0 Å². The van der Waals surface area contributed by atoms with Crippen LogP contribution in [-0.2, 0) is 4.79 Å². The van der Waals surface area contributed by atoms with Crippen LogP contribution in [-0.4, -0.2) is 55.1 Å². The fraction of sp³-hybridized carbons (Fsp3) is 0.348. The standard InChI is InChI=1S/C23H26Cl2N4O3S/c1-3-4-20(30)29-11-9-28(10-12-29)17-7-5-16(6-8-17)26-23(33)27-22(31)18-13-15(24)14-19(25)21(18)32-2/h5-8,13-14H,3-4,9-12H2,1-2H3,(H2,26,27,31,33). The van der Waals surface area contributed by atoms with E-state index in [0.29, 0.717) is 11.4 Å². The van der Waals surface area contributed by atoms with Crippen LogP contribution in [0.5, 0.6) is 5.75 Å². The normalized spacial score (nSPS) is 13.5. The molecular weight excluding hydrogens is 483 g/mol. The van der Waals surface area contributed by atoms with E-state index < -0.39 is 5.91 Å². The van der Waals surface area contributed by atoms with Gasteiger partial charge in [0.2, 0.25) is 5.91 Å². The molecule has 2 aromatic rings. The predicted molar refractivity (Wildman–Crippen MR) is 137 cm³/mol. The average molecular weight is 509 g/mol. The number of thiocarbonyl (C=S) groups is 1. The number of methoxy groups -OCH3 is 1. The predicted octanol–water partition coefficient (Wildman–Crippen LogP) is 4.58. The minimum Gasteiger partial charge on any atom is -0.494 e. The highest BCUT2D eigenvalue weighted by molar-refractivity contribution is 7.80. The lowest BCUT2D eigenvalue weighted by Gasteiger charge is -2.36. The van der Waals surface area contributed by atoms with Gasteiger partial charge in [0.1, 0.15) is 5.75 Å². The lowest BCUT2D eigenvalue weighted by Crippen LogP contribution is -2.48. The number of halogens is 2. The maximum Gasteiger partial charge on any atom is 0.261 e. The molecule has 33 heavy (non-hydrogen) atoms. The van der Waals surface area contributed by atoms with Gasteiger partial charge in [-0.25, -0.2) is 0 Å². The van der Waals surface area contributed by atoms with Gasteiger partial charge in [-0.2, -0.15) is 0 Å². The van der Waals surface area contributed by atoms with Crippen LogP contribution in [0.1, 0.15) is 30.1 Å². The first-order valence-corrected chi connectivity index (χ1v) is 11.8. The van der Waals surface area contributed by atoms with Gasteiger partial charge in [0.05, 0.1) is 17.7 Å². The number of nitrogens with zero attached hydrogens (tertiary/aromatic N) is 2. The summed E-state index contributed by atoms with van der Waals surface area (Å²) in [6.45, 7) is 5.06. The first kappa shape index (κ1) is 25.1. The molecule has 7 nitrogen and oxygen atoms in total. The van der Waals surface area contributed by atoms with Crippen LogP contribution in [0.2, 0.25) is 10.0 Å². The molecule has 0 aromatic heterocycles. The third kappa shape index (κ3) is 6.50. The highest BCUT2D eigenvalue weighted by atomic mass is 35.5. The number of nitrogens with one attached hydrogen (secondary N) is 2. The van der Waals surface area contributed by atoms with Crippen molar-refractivity contribution in [2.75, 3.05) is 43.5 Å². The quantitative estimate of drug-likeness (QED) is 0.556. The molecule has 1 heterocycles. The van der Waals surface area contributed by atoms with Gasteiger partial charge < -0.3 is 19.9 Å². The maximum atomic E-state index is 12.6. The number of amides is 2. The van der Waals surface area contributed by atoms with Gasteiger partial charge in [0, 0.05) is 49.0 Å². The zero-order valence-corrected chi connectivity index (χ0v) is 20.8. The van der Waals surface area contributed by atoms with Crippen molar-refractivity contribution in [2.24, 2.45) is 0 Å². The molecule has 0 spiro atoms. The van der Waals surface area contributed by atoms with Crippen molar-refractivity contribution >= 4 is 63.7 Å². The minimum atomic E-state index is -0.485. The topological polar surface area (TPSA) is 73.9 Å². The summed E-state index contributed by atoms with van der Waals surface area (Å²) in [5.41, 5.74) is 1.99. The molecular formula is C23H26Cl2N4O3S. The molecule has 0 aliphatic carbocycles. The Hall–Kier alpha value is -2.55. The van der Waals surface area contributed by atoms with E-state index in [0.717, 1.165) is 44.0 Å². The third-order valence-electron chi connectivity index (χ3n) is 5.27. The summed E-state index contributed by atoms with van der Waals surface area (Å²) in [5, 5.41) is 6.30. The number of piperazine rings is 1. The fourth-order valence-electron chi connectivity index (χ4n) is 3.61. The number of ether oxygens (including phenoxy) is 1. The van der Waals surface area contributed by atoms with Crippen LogP contribution in [0.15, 0.2) is 36.4 Å². The van der Waals surface area contributed by atoms with Gasteiger partial charge in [-0.05, 0) is 55.0 Å². The second-order valence-electron chi connectivity index (χ2n) is 7.54. The van der Waals surface area contributed by atoms with Crippen LogP contribution in [0.3, 0.4) is 0 Å². The third-order valence-corrected chi connectivity index (χ3v) is 5.97. The molecule has 2 aromatic carbocycles. The van der Waals surface area contributed by atoms with E-state index in [9.17, 15) is 9.59 Å². The average Bonchev–Trinajstić information content (AvgIpc) is 2.79. The zero-order valence-electron chi connectivity index (χ0n) is 18.5. The molecule has 3 rings (SSSR count). The summed E-state index contributed by atoms with van der Waals surface area (Å²) in [6.07, 6.45) is 1.48. The first-order chi connectivity index (χ1) is 15.8. The van der Waals surface area contributed by atoms with E-state index in [1.165, 1.54) is 19.2 Å². The second-order valence-corrected chi connectivity index (χ2v) is 8.79. The van der Waals surface area contributed by atoms with Crippen LogP contribution < -0.4 is 20.3 Å². The number of carbonyl (C=O) groups is 2. The molecule has 0 unspecified atom stereocenters. The highest BCUT2D eigenvalue weighted by Crippen LogP contribution is 2.32. The monoisotopic (exact) mass is 508 g/mol. The Labute approximate surface area is 209 Å². The summed E-state index contributed by atoms with van der Waals surface area (Å²) in [6, 6.07) is 10.7. The molecule has 0 saturated carbocycles. The second kappa shape index (κ2) is 11.5. The van der Waals surface area contributed by atoms with E-state index in [2.05, 4.69) is 15.5 Å². The van der Waals surface area contributed by atoms with Gasteiger partial charge >= 0.3 is 0 Å². The van der Waals surface area contributed by atoms with E-state index in [4.69, 9.17) is 40.2 Å². The van der Waals surface area contributed by atoms with Crippen molar-refractivity contribution in [1.82, 2.24) is 10.2 Å². The van der Waals surface area contributed by atoms with Crippen molar-refractivity contribution in [1.29, 1.82) is 0 Å². The Bertz CT molecular complexity index is 1030. The summed E-state index contributed by atoms with van der Waals surface area (Å²) in [7, 11) is 1.42. The summed E-state index contributed by atoms with van der Waals surface area (Å²) < 4.78 is 5.21. The highest BCUT2D eigenvalue weighted by Gasteiger charge is 2.21. The molecule has 10 heteroatoms. The molecule has 176 valence electrons. The largest absolute Gasteiger partial charge is 0.494 e. The maximum absolute atomic E-state index is 12.6. The smallest absolute Gasteiger partial charge is 0.261 e. The van der Waals surface area contributed by atoms with Crippen LogP contribution in [0.25, 0.3) is 0 Å².